The van der Waals surface area contributed by atoms with Crippen LogP contribution in [-0.2, 0) is 0 Å². The van der Waals surface area contributed by atoms with Crippen LogP contribution >= 0.6 is 0 Å². The number of benzene rings is 2. The predicted molar refractivity (Wildman–Crippen MR) is 101 cm³/mol. The number of unbranched alkanes of at least 4 members (excludes halogenated alkanes) is 2. The Bertz CT molecular complexity index is 731. The summed E-state index contributed by atoms with van der Waals surface area (Å²) in [5, 5.41) is 0. The van der Waals surface area contributed by atoms with Crippen LogP contribution in [0, 0.1) is 23.7 Å². The minimum absolute atomic E-state index is 0.784. The number of hydrogen-bond acceptors (Lipinski definition) is 1. The average molecular weight is 316 g/mol. The monoisotopic (exact) mass is 316 g/mol. The third-order valence-corrected chi connectivity index (χ3v) is 3.52. The minimum atomic E-state index is 0.784. The smallest absolute Gasteiger partial charge is 0.119 e. The number of ether oxygens (including phenoxy) is 1. The van der Waals surface area contributed by atoms with E-state index in [9.17, 15) is 0 Å². The lowest BCUT2D eigenvalue weighted by molar-refractivity contribution is 0.306. The fourth-order valence-electron chi connectivity index (χ4n) is 2.15. The molecule has 0 atom stereocenters. The van der Waals surface area contributed by atoms with Gasteiger partial charge in [0.1, 0.15) is 5.75 Å². The highest BCUT2D eigenvalue weighted by Gasteiger charge is 1.94. The molecule has 0 aromatic heterocycles. The molecule has 0 radical (unpaired) electrons. The summed E-state index contributed by atoms with van der Waals surface area (Å²) in [5.41, 5.74) is 3.02. The third-order valence-electron chi connectivity index (χ3n) is 3.52. The van der Waals surface area contributed by atoms with Crippen LogP contribution in [0.5, 0.6) is 5.75 Å². The maximum Gasteiger partial charge on any atom is 0.119 e. The Balaban J connectivity index is 1.93. The molecule has 2 aromatic rings. The Morgan fingerprint density at radius 3 is 1.79 bits per heavy atom. The summed E-state index contributed by atoms with van der Waals surface area (Å²) >= 11 is 0. The van der Waals surface area contributed by atoms with E-state index in [1.165, 1.54) is 12.8 Å². The van der Waals surface area contributed by atoms with Crippen LogP contribution in [0.25, 0.3) is 0 Å². The van der Waals surface area contributed by atoms with Gasteiger partial charge in [0.05, 0.1) is 6.61 Å². The zero-order valence-electron chi connectivity index (χ0n) is 14.6. The molecule has 0 heterocycles. The molecule has 0 amide bonds. The summed E-state index contributed by atoms with van der Waals surface area (Å²) in [6.07, 6.45) is 4.41. The van der Waals surface area contributed by atoms with Crippen LogP contribution in [0.2, 0.25) is 0 Å². The molecule has 2 rings (SSSR count). The van der Waals surface area contributed by atoms with E-state index in [-0.39, 0.29) is 0 Å². The molecule has 0 aliphatic carbocycles. The first-order chi connectivity index (χ1) is 11.8. The van der Waals surface area contributed by atoms with Gasteiger partial charge in [-0.2, -0.15) is 0 Å². The molecule has 0 spiro atoms. The zero-order valence-corrected chi connectivity index (χ0v) is 14.6. The summed E-state index contributed by atoms with van der Waals surface area (Å²) in [6.45, 7) is 5.03. The number of hydrogen-bond donors (Lipinski definition) is 0. The van der Waals surface area contributed by atoms with Crippen LogP contribution in [0.15, 0.2) is 48.5 Å². The Kier molecular flexibility index (Phi) is 7.52. The molecular weight excluding hydrogens is 292 g/mol. The maximum absolute atomic E-state index is 5.71. The van der Waals surface area contributed by atoms with Crippen LogP contribution in [0.3, 0.4) is 0 Å². The van der Waals surface area contributed by atoms with E-state index >= 15 is 0 Å². The normalized spacial score (nSPS) is 9.42. The lowest BCUT2D eigenvalue weighted by Crippen LogP contribution is -1.96. The second-order valence-electron chi connectivity index (χ2n) is 5.56. The minimum Gasteiger partial charge on any atom is -0.494 e. The van der Waals surface area contributed by atoms with E-state index in [0.717, 1.165) is 41.9 Å². The topological polar surface area (TPSA) is 9.23 Å². The van der Waals surface area contributed by atoms with Gasteiger partial charge in [0, 0.05) is 23.1 Å². The van der Waals surface area contributed by atoms with E-state index in [1.54, 1.807) is 0 Å². The van der Waals surface area contributed by atoms with Crippen molar-refractivity contribution in [2.45, 2.75) is 39.5 Å². The van der Waals surface area contributed by atoms with Crippen LogP contribution < -0.4 is 4.74 Å². The molecule has 0 saturated carbocycles. The molecular formula is C23H24O. The summed E-state index contributed by atoms with van der Waals surface area (Å²) in [6, 6.07) is 16.0. The van der Waals surface area contributed by atoms with Gasteiger partial charge in [0.2, 0.25) is 0 Å². The second-order valence-corrected chi connectivity index (χ2v) is 5.56. The van der Waals surface area contributed by atoms with E-state index < -0.39 is 0 Å². The van der Waals surface area contributed by atoms with Crippen molar-refractivity contribution >= 4 is 0 Å². The van der Waals surface area contributed by atoms with Gasteiger partial charge in [-0.3, -0.25) is 0 Å². The predicted octanol–water partition coefficient (Wildman–Crippen LogP) is 5.42. The molecule has 0 saturated heterocycles. The molecule has 0 fully saturated rings. The summed E-state index contributed by atoms with van der Waals surface area (Å²) in [5.74, 6) is 13.5. The van der Waals surface area contributed by atoms with Gasteiger partial charge in [0.25, 0.3) is 0 Å². The van der Waals surface area contributed by atoms with E-state index in [2.05, 4.69) is 30.6 Å². The van der Waals surface area contributed by atoms with Crippen LogP contribution in [-0.4, -0.2) is 6.61 Å². The van der Waals surface area contributed by atoms with Gasteiger partial charge in [-0.15, -0.1) is 0 Å². The van der Waals surface area contributed by atoms with Crippen molar-refractivity contribution in [2.75, 3.05) is 6.61 Å². The van der Waals surface area contributed by atoms with Crippen molar-refractivity contribution in [3.63, 3.8) is 0 Å². The largest absolute Gasteiger partial charge is 0.494 e. The van der Waals surface area contributed by atoms with Gasteiger partial charge in [-0.05, 0) is 55.0 Å². The highest BCUT2D eigenvalue weighted by atomic mass is 16.5. The van der Waals surface area contributed by atoms with Crippen molar-refractivity contribution in [1.82, 2.24) is 0 Å². The fourth-order valence-corrected chi connectivity index (χ4v) is 2.15. The highest BCUT2D eigenvalue weighted by molar-refractivity contribution is 5.46. The van der Waals surface area contributed by atoms with Gasteiger partial charge in [0.15, 0.2) is 0 Å². The van der Waals surface area contributed by atoms with Crippen molar-refractivity contribution in [2.24, 2.45) is 0 Å². The molecule has 24 heavy (non-hydrogen) atoms. The Morgan fingerprint density at radius 2 is 1.25 bits per heavy atom. The molecule has 0 aliphatic heterocycles. The van der Waals surface area contributed by atoms with Gasteiger partial charge >= 0.3 is 0 Å². The van der Waals surface area contributed by atoms with E-state index in [1.807, 2.05) is 55.5 Å². The highest BCUT2D eigenvalue weighted by Crippen LogP contribution is 2.12. The van der Waals surface area contributed by atoms with Crippen molar-refractivity contribution in [3.05, 3.63) is 65.2 Å². The van der Waals surface area contributed by atoms with Gasteiger partial charge in [-0.25, -0.2) is 0 Å². The Hall–Kier alpha value is -2.64. The fraction of sp³-hybridized carbons (Fsp3) is 0.304. The van der Waals surface area contributed by atoms with E-state index in [0.29, 0.717) is 0 Å². The second kappa shape index (κ2) is 10.2. The van der Waals surface area contributed by atoms with Crippen LogP contribution in [0.4, 0.5) is 0 Å². The van der Waals surface area contributed by atoms with Gasteiger partial charge < -0.3 is 4.74 Å². The lowest BCUT2D eigenvalue weighted by Gasteiger charge is -2.05. The Labute approximate surface area is 146 Å². The van der Waals surface area contributed by atoms with Crippen molar-refractivity contribution in [3.8, 4) is 29.4 Å². The first-order valence-corrected chi connectivity index (χ1v) is 8.65. The molecule has 1 nitrogen and oxygen atoms in total. The van der Waals surface area contributed by atoms with E-state index in [4.69, 9.17) is 4.74 Å². The third kappa shape index (κ3) is 6.23. The molecule has 0 aliphatic rings. The van der Waals surface area contributed by atoms with Crippen molar-refractivity contribution < 1.29 is 4.74 Å². The molecule has 0 unspecified atom stereocenters. The van der Waals surface area contributed by atoms with Gasteiger partial charge in [-0.1, -0.05) is 50.4 Å². The summed E-state index contributed by atoms with van der Waals surface area (Å²) < 4.78 is 5.71. The SMILES string of the molecule is CCC#Cc1ccc(C#Cc2ccc(OCCCCC)cc2)cc1. The first kappa shape index (κ1) is 17.7. The average Bonchev–Trinajstić information content (AvgIpc) is 2.64. The number of rotatable bonds is 5. The maximum atomic E-state index is 5.71. The zero-order chi connectivity index (χ0) is 17.0. The Morgan fingerprint density at radius 1 is 0.708 bits per heavy atom. The van der Waals surface area contributed by atoms with Crippen LogP contribution in [0.1, 0.15) is 56.2 Å². The molecule has 0 bridgehead atoms. The van der Waals surface area contributed by atoms with Crippen molar-refractivity contribution in [1.29, 1.82) is 0 Å². The lowest BCUT2D eigenvalue weighted by atomic mass is 10.1. The quantitative estimate of drug-likeness (QED) is 0.529. The molecule has 2 aromatic carbocycles. The summed E-state index contributed by atoms with van der Waals surface area (Å²) in [7, 11) is 0. The molecule has 0 N–H and O–H groups in total. The first-order valence-electron chi connectivity index (χ1n) is 8.65. The summed E-state index contributed by atoms with van der Waals surface area (Å²) in [4.78, 5) is 0. The molecule has 1 heteroatoms. The standard InChI is InChI=1S/C23H24O/c1-3-5-7-19-24-23-17-15-22(16-18-23)14-13-21-11-9-20(10-12-21)8-6-4-2/h9-12,15-18H,3-5,7,19H2,1-2H3. The molecule has 122 valence electrons.